The van der Waals surface area contributed by atoms with Crippen LogP contribution in [0, 0.1) is 3.70 Å². The molecule has 0 aromatic carbocycles. The topological polar surface area (TPSA) is 43.3 Å². The lowest BCUT2D eigenvalue weighted by Crippen LogP contribution is -1.95. The van der Waals surface area contributed by atoms with Crippen molar-refractivity contribution in [3.63, 3.8) is 0 Å². The summed E-state index contributed by atoms with van der Waals surface area (Å²) in [6, 6.07) is 5.74. The fourth-order valence-electron chi connectivity index (χ4n) is 1.01. The average molecular weight is 259 g/mol. The van der Waals surface area contributed by atoms with Crippen molar-refractivity contribution in [3.8, 4) is 0 Å². The molecule has 0 amide bonds. The van der Waals surface area contributed by atoms with Gasteiger partial charge in [-0.25, -0.2) is 4.52 Å². The van der Waals surface area contributed by atoms with E-state index in [0.29, 0.717) is 0 Å². The zero-order valence-electron chi connectivity index (χ0n) is 5.66. The van der Waals surface area contributed by atoms with Crippen molar-refractivity contribution in [1.29, 1.82) is 0 Å². The molecule has 0 fully saturated rings. The summed E-state index contributed by atoms with van der Waals surface area (Å²) >= 11 is 2.21. The van der Waals surface area contributed by atoms with E-state index >= 15 is 0 Å². The second kappa shape index (κ2) is 2.37. The van der Waals surface area contributed by atoms with Gasteiger partial charge in [0.05, 0.1) is 11.2 Å². The minimum absolute atomic E-state index is 0.767. The van der Waals surface area contributed by atoms with Crippen molar-refractivity contribution in [3.05, 3.63) is 28.1 Å². The molecule has 2 aromatic rings. The monoisotopic (exact) mass is 259 g/mol. The van der Waals surface area contributed by atoms with E-state index in [-0.39, 0.29) is 0 Å². The zero-order chi connectivity index (χ0) is 7.84. The molecule has 0 aliphatic rings. The zero-order valence-corrected chi connectivity index (χ0v) is 7.82. The van der Waals surface area contributed by atoms with Crippen molar-refractivity contribution in [2.75, 3.05) is 5.73 Å². The number of hydrogen-bond acceptors (Lipinski definition) is 2. The SMILES string of the molecule is Nc1ccnn2c(I)ccc12. The minimum atomic E-state index is 0.767. The highest BCUT2D eigenvalue weighted by molar-refractivity contribution is 14.1. The van der Waals surface area contributed by atoms with Crippen LogP contribution in [0.25, 0.3) is 5.52 Å². The van der Waals surface area contributed by atoms with Crippen LogP contribution < -0.4 is 5.73 Å². The summed E-state index contributed by atoms with van der Waals surface area (Å²) in [4.78, 5) is 0. The van der Waals surface area contributed by atoms with E-state index in [0.717, 1.165) is 14.9 Å². The Balaban J connectivity index is 2.94. The third-order valence-electron chi connectivity index (χ3n) is 1.54. The minimum Gasteiger partial charge on any atom is -0.397 e. The van der Waals surface area contributed by atoms with Gasteiger partial charge < -0.3 is 5.73 Å². The Kier molecular flexibility index (Phi) is 1.49. The number of nitrogens with zero attached hydrogens (tertiary/aromatic N) is 2. The van der Waals surface area contributed by atoms with Gasteiger partial charge in [0.25, 0.3) is 0 Å². The standard InChI is InChI=1S/C7H6IN3/c8-7-2-1-6-5(9)3-4-10-11(6)7/h1-4H,9H2. The third kappa shape index (κ3) is 0.973. The molecule has 0 unspecified atom stereocenters. The summed E-state index contributed by atoms with van der Waals surface area (Å²) in [5.74, 6) is 0. The lowest BCUT2D eigenvalue weighted by atomic mass is 10.4. The molecule has 0 aliphatic carbocycles. The molecule has 2 rings (SSSR count). The first-order chi connectivity index (χ1) is 5.29. The molecular weight excluding hydrogens is 253 g/mol. The van der Waals surface area contributed by atoms with Gasteiger partial charge in [0, 0.05) is 6.20 Å². The Labute approximate surface area is 77.3 Å². The Hall–Kier alpha value is -0.780. The Morgan fingerprint density at radius 1 is 1.36 bits per heavy atom. The van der Waals surface area contributed by atoms with Gasteiger partial charge in [-0.3, -0.25) is 0 Å². The van der Waals surface area contributed by atoms with Gasteiger partial charge in [-0.05, 0) is 40.8 Å². The number of nitrogen functional groups attached to an aromatic ring is 1. The van der Waals surface area contributed by atoms with Gasteiger partial charge in [0.2, 0.25) is 0 Å². The van der Waals surface area contributed by atoms with E-state index < -0.39 is 0 Å². The molecule has 2 aromatic heterocycles. The van der Waals surface area contributed by atoms with Crippen LogP contribution in [0.5, 0.6) is 0 Å². The predicted molar refractivity (Wildman–Crippen MR) is 52.3 cm³/mol. The summed E-state index contributed by atoms with van der Waals surface area (Å²) in [7, 11) is 0. The van der Waals surface area contributed by atoms with Crippen LogP contribution in [-0.2, 0) is 0 Å². The van der Waals surface area contributed by atoms with Crippen LogP contribution in [0.3, 0.4) is 0 Å². The molecule has 11 heavy (non-hydrogen) atoms. The van der Waals surface area contributed by atoms with E-state index in [1.165, 1.54) is 0 Å². The molecule has 0 atom stereocenters. The van der Waals surface area contributed by atoms with Crippen molar-refractivity contribution < 1.29 is 0 Å². The fraction of sp³-hybridized carbons (Fsp3) is 0. The molecule has 0 aliphatic heterocycles. The molecule has 0 spiro atoms. The highest BCUT2D eigenvalue weighted by Crippen LogP contribution is 2.15. The molecule has 0 saturated carbocycles. The molecule has 0 saturated heterocycles. The Morgan fingerprint density at radius 2 is 2.18 bits per heavy atom. The maximum Gasteiger partial charge on any atom is 0.103 e. The number of hydrogen-bond donors (Lipinski definition) is 1. The summed E-state index contributed by atoms with van der Waals surface area (Å²) < 4.78 is 2.89. The van der Waals surface area contributed by atoms with Crippen molar-refractivity contribution >= 4 is 33.8 Å². The van der Waals surface area contributed by atoms with E-state index in [2.05, 4.69) is 27.7 Å². The van der Waals surface area contributed by atoms with Crippen LogP contribution in [0.4, 0.5) is 5.69 Å². The number of nitrogens with two attached hydrogens (primary N) is 1. The number of anilines is 1. The van der Waals surface area contributed by atoms with Crippen LogP contribution in [-0.4, -0.2) is 9.61 Å². The number of halogens is 1. The van der Waals surface area contributed by atoms with Crippen molar-refractivity contribution in [1.82, 2.24) is 9.61 Å². The molecule has 0 bridgehead atoms. The van der Waals surface area contributed by atoms with Crippen molar-refractivity contribution in [2.45, 2.75) is 0 Å². The molecule has 2 heterocycles. The van der Waals surface area contributed by atoms with Gasteiger partial charge in [0.1, 0.15) is 3.70 Å². The van der Waals surface area contributed by atoms with E-state index in [9.17, 15) is 0 Å². The van der Waals surface area contributed by atoms with Gasteiger partial charge >= 0.3 is 0 Å². The fourth-order valence-corrected chi connectivity index (χ4v) is 1.57. The largest absolute Gasteiger partial charge is 0.397 e. The second-order valence-corrected chi connectivity index (χ2v) is 3.34. The van der Waals surface area contributed by atoms with Crippen LogP contribution in [0.15, 0.2) is 24.4 Å². The number of rotatable bonds is 0. The normalized spacial score (nSPS) is 10.6. The van der Waals surface area contributed by atoms with Gasteiger partial charge in [-0.2, -0.15) is 5.10 Å². The Morgan fingerprint density at radius 3 is 2.91 bits per heavy atom. The highest BCUT2D eigenvalue weighted by atomic mass is 127. The highest BCUT2D eigenvalue weighted by Gasteiger charge is 2.00. The van der Waals surface area contributed by atoms with Gasteiger partial charge in [-0.15, -0.1) is 0 Å². The van der Waals surface area contributed by atoms with Crippen LogP contribution >= 0.6 is 22.6 Å². The first-order valence-corrected chi connectivity index (χ1v) is 4.24. The third-order valence-corrected chi connectivity index (χ3v) is 2.36. The Bertz CT molecular complexity index is 393. The number of fused-ring (bicyclic) bond motifs is 1. The summed E-state index contributed by atoms with van der Waals surface area (Å²) in [5.41, 5.74) is 7.44. The predicted octanol–water partition coefficient (Wildman–Crippen LogP) is 1.52. The molecular formula is C7H6IN3. The van der Waals surface area contributed by atoms with Crippen LogP contribution in [0.2, 0.25) is 0 Å². The summed E-state index contributed by atoms with van der Waals surface area (Å²) in [5, 5.41) is 4.13. The smallest absolute Gasteiger partial charge is 0.103 e. The maximum atomic E-state index is 5.71. The molecule has 3 nitrogen and oxygen atoms in total. The summed E-state index contributed by atoms with van der Waals surface area (Å²) in [6.07, 6.45) is 1.70. The van der Waals surface area contributed by atoms with E-state index in [1.807, 2.05) is 16.6 Å². The molecule has 0 radical (unpaired) electrons. The van der Waals surface area contributed by atoms with Crippen LogP contribution in [0.1, 0.15) is 0 Å². The van der Waals surface area contributed by atoms with Gasteiger partial charge in [-0.1, -0.05) is 0 Å². The lowest BCUT2D eigenvalue weighted by Gasteiger charge is -1.96. The molecule has 2 N–H and O–H groups in total. The van der Waals surface area contributed by atoms with Crippen molar-refractivity contribution in [2.24, 2.45) is 0 Å². The van der Waals surface area contributed by atoms with E-state index in [4.69, 9.17) is 5.73 Å². The van der Waals surface area contributed by atoms with E-state index in [1.54, 1.807) is 12.3 Å². The molecule has 4 heteroatoms. The second-order valence-electron chi connectivity index (χ2n) is 2.24. The molecule has 56 valence electrons. The summed E-state index contributed by atoms with van der Waals surface area (Å²) in [6.45, 7) is 0. The maximum absolute atomic E-state index is 5.71. The quantitative estimate of drug-likeness (QED) is 0.729. The first-order valence-electron chi connectivity index (χ1n) is 3.17. The van der Waals surface area contributed by atoms with Gasteiger partial charge in [0.15, 0.2) is 0 Å². The first kappa shape index (κ1) is 6.90. The lowest BCUT2D eigenvalue weighted by molar-refractivity contribution is 0.919. The average Bonchev–Trinajstić information content (AvgIpc) is 2.35. The number of aromatic nitrogens is 2.